The van der Waals surface area contributed by atoms with E-state index in [0.29, 0.717) is 18.3 Å². The molecule has 0 spiro atoms. The maximum absolute atomic E-state index is 12.1. The Balaban J connectivity index is 1.56. The molecule has 2 unspecified atom stereocenters. The van der Waals surface area contributed by atoms with E-state index in [1.807, 2.05) is 0 Å². The van der Waals surface area contributed by atoms with Crippen molar-refractivity contribution in [3.8, 4) is 0 Å². The van der Waals surface area contributed by atoms with Gasteiger partial charge in [-0.25, -0.2) is 0 Å². The second-order valence-electron chi connectivity index (χ2n) is 7.55. The standard InChI is InChI=1S/C18H34N2O/c1-14-5-7-16(8-6-14)9-11-20-18(21)12-15(2)17-4-3-10-19-13-17/h14-17,19H,3-13H2,1-2H3,(H,20,21). The first-order valence-corrected chi connectivity index (χ1v) is 9.12. The highest BCUT2D eigenvalue weighted by Gasteiger charge is 2.22. The number of nitrogens with one attached hydrogen (secondary N) is 2. The second kappa shape index (κ2) is 8.77. The normalized spacial score (nSPS) is 31.6. The van der Waals surface area contributed by atoms with Crippen molar-refractivity contribution in [1.82, 2.24) is 10.6 Å². The molecule has 1 heterocycles. The average Bonchev–Trinajstić information content (AvgIpc) is 2.50. The summed E-state index contributed by atoms with van der Waals surface area (Å²) in [4.78, 5) is 12.1. The van der Waals surface area contributed by atoms with Crippen LogP contribution in [0.2, 0.25) is 0 Å². The van der Waals surface area contributed by atoms with E-state index < -0.39 is 0 Å². The summed E-state index contributed by atoms with van der Waals surface area (Å²) >= 11 is 0. The molecule has 0 bridgehead atoms. The molecule has 3 heteroatoms. The fourth-order valence-electron chi connectivity index (χ4n) is 3.93. The van der Waals surface area contributed by atoms with Gasteiger partial charge in [-0.05, 0) is 56.0 Å². The summed E-state index contributed by atoms with van der Waals surface area (Å²) < 4.78 is 0. The Morgan fingerprint density at radius 2 is 2.00 bits per heavy atom. The summed E-state index contributed by atoms with van der Waals surface area (Å²) in [7, 11) is 0. The van der Waals surface area contributed by atoms with Gasteiger partial charge in [-0.2, -0.15) is 0 Å². The first kappa shape index (κ1) is 16.8. The van der Waals surface area contributed by atoms with Crippen LogP contribution in [0.3, 0.4) is 0 Å². The fourth-order valence-corrected chi connectivity index (χ4v) is 3.93. The Labute approximate surface area is 130 Å². The lowest BCUT2D eigenvalue weighted by Crippen LogP contribution is -2.36. The molecule has 2 fully saturated rings. The summed E-state index contributed by atoms with van der Waals surface area (Å²) in [5.74, 6) is 3.22. The first-order chi connectivity index (χ1) is 10.1. The third kappa shape index (κ3) is 5.98. The van der Waals surface area contributed by atoms with E-state index in [9.17, 15) is 4.79 Å². The molecular weight excluding hydrogens is 260 g/mol. The van der Waals surface area contributed by atoms with Crippen LogP contribution in [-0.2, 0) is 4.79 Å². The molecule has 0 aromatic rings. The number of carbonyl (C=O) groups excluding carboxylic acids is 1. The van der Waals surface area contributed by atoms with E-state index in [4.69, 9.17) is 0 Å². The van der Waals surface area contributed by atoms with Crippen LogP contribution in [0.15, 0.2) is 0 Å². The summed E-state index contributed by atoms with van der Waals surface area (Å²) in [5.41, 5.74) is 0. The summed E-state index contributed by atoms with van der Waals surface area (Å²) in [6.45, 7) is 7.72. The van der Waals surface area contributed by atoms with Gasteiger partial charge in [0.2, 0.25) is 5.91 Å². The minimum absolute atomic E-state index is 0.261. The van der Waals surface area contributed by atoms with Gasteiger partial charge in [0.1, 0.15) is 0 Å². The average molecular weight is 294 g/mol. The first-order valence-electron chi connectivity index (χ1n) is 9.12. The highest BCUT2D eigenvalue weighted by atomic mass is 16.1. The van der Waals surface area contributed by atoms with Crippen molar-refractivity contribution in [3.05, 3.63) is 0 Å². The molecule has 1 aliphatic carbocycles. The molecule has 2 N–H and O–H groups in total. The SMILES string of the molecule is CC1CCC(CCNC(=O)CC(C)C2CCCNC2)CC1. The van der Waals surface area contributed by atoms with Gasteiger partial charge in [0.15, 0.2) is 0 Å². The maximum Gasteiger partial charge on any atom is 0.220 e. The highest BCUT2D eigenvalue weighted by molar-refractivity contribution is 5.76. The Morgan fingerprint density at radius 1 is 1.24 bits per heavy atom. The largest absolute Gasteiger partial charge is 0.356 e. The van der Waals surface area contributed by atoms with Gasteiger partial charge in [-0.3, -0.25) is 4.79 Å². The summed E-state index contributed by atoms with van der Waals surface area (Å²) in [6, 6.07) is 0. The lowest BCUT2D eigenvalue weighted by Gasteiger charge is -2.28. The molecular formula is C18H34N2O. The maximum atomic E-state index is 12.1. The number of hydrogen-bond donors (Lipinski definition) is 2. The number of rotatable bonds is 6. The van der Waals surface area contributed by atoms with Crippen molar-refractivity contribution in [3.63, 3.8) is 0 Å². The molecule has 0 aromatic heterocycles. The van der Waals surface area contributed by atoms with Crippen LogP contribution in [0.4, 0.5) is 0 Å². The Bertz CT molecular complexity index is 304. The predicted molar refractivity (Wildman–Crippen MR) is 88.1 cm³/mol. The van der Waals surface area contributed by atoms with Crippen LogP contribution in [0.5, 0.6) is 0 Å². The molecule has 2 atom stereocenters. The summed E-state index contributed by atoms with van der Waals surface area (Å²) in [6.07, 6.45) is 9.90. The molecule has 2 rings (SSSR count). The molecule has 1 saturated carbocycles. The van der Waals surface area contributed by atoms with Crippen LogP contribution in [0.25, 0.3) is 0 Å². The van der Waals surface area contributed by atoms with Crippen molar-refractivity contribution in [2.45, 2.75) is 65.2 Å². The van der Waals surface area contributed by atoms with E-state index in [1.54, 1.807) is 0 Å². The monoisotopic (exact) mass is 294 g/mol. The molecule has 0 aromatic carbocycles. The van der Waals surface area contributed by atoms with E-state index in [1.165, 1.54) is 44.9 Å². The Kier molecular flexibility index (Phi) is 7.01. The number of hydrogen-bond acceptors (Lipinski definition) is 2. The second-order valence-corrected chi connectivity index (χ2v) is 7.55. The van der Waals surface area contributed by atoms with Gasteiger partial charge in [0.25, 0.3) is 0 Å². The fraction of sp³-hybridized carbons (Fsp3) is 0.944. The third-order valence-corrected chi connectivity index (χ3v) is 5.66. The molecule has 1 amide bonds. The molecule has 1 aliphatic heterocycles. The zero-order valence-corrected chi connectivity index (χ0v) is 14.0. The summed E-state index contributed by atoms with van der Waals surface area (Å²) in [5, 5.41) is 6.60. The topological polar surface area (TPSA) is 41.1 Å². The van der Waals surface area contributed by atoms with Crippen molar-refractivity contribution in [2.75, 3.05) is 19.6 Å². The Hall–Kier alpha value is -0.570. The van der Waals surface area contributed by atoms with Gasteiger partial charge in [-0.1, -0.05) is 39.5 Å². The van der Waals surface area contributed by atoms with Crippen molar-refractivity contribution < 1.29 is 4.79 Å². The zero-order chi connectivity index (χ0) is 15.1. The third-order valence-electron chi connectivity index (χ3n) is 5.66. The van der Waals surface area contributed by atoms with Crippen LogP contribution >= 0.6 is 0 Å². The number of carbonyl (C=O) groups is 1. The molecule has 21 heavy (non-hydrogen) atoms. The molecule has 1 saturated heterocycles. The highest BCUT2D eigenvalue weighted by Crippen LogP contribution is 2.30. The van der Waals surface area contributed by atoms with Gasteiger partial charge in [0, 0.05) is 13.0 Å². The van der Waals surface area contributed by atoms with Gasteiger partial charge >= 0.3 is 0 Å². The van der Waals surface area contributed by atoms with Crippen molar-refractivity contribution in [2.24, 2.45) is 23.7 Å². The zero-order valence-electron chi connectivity index (χ0n) is 14.0. The van der Waals surface area contributed by atoms with E-state index in [2.05, 4.69) is 24.5 Å². The molecule has 0 radical (unpaired) electrons. The molecule has 122 valence electrons. The lowest BCUT2D eigenvalue weighted by atomic mass is 9.81. The number of amides is 1. The lowest BCUT2D eigenvalue weighted by molar-refractivity contribution is -0.122. The van der Waals surface area contributed by atoms with E-state index in [-0.39, 0.29) is 5.91 Å². The molecule has 3 nitrogen and oxygen atoms in total. The van der Waals surface area contributed by atoms with Crippen LogP contribution in [-0.4, -0.2) is 25.5 Å². The number of piperidine rings is 1. The van der Waals surface area contributed by atoms with Crippen molar-refractivity contribution in [1.29, 1.82) is 0 Å². The van der Waals surface area contributed by atoms with Crippen LogP contribution < -0.4 is 10.6 Å². The van der Waals surface area contributed by atoms with Crippen LogP contribution in [0, 0.1) is 23.7 Å². The smallest absolute Gasteiger partial charge is 0.220 e. The minimum Gasteiger partial charge on any atom is -0.356 e. The Morgan fingerprint density at radius 3 is 2.67 bits per heavy atom. The molecule has 2 aliphatic rings. The minimum atomic E-state index is 0.261. The van der Waals surface area contributed by atoms with Gasteiger partial charge in [-0.15, -0.1) is 0 Å². The predicted octanol–water partition coefficient (Wildman–Crippen LogP) is 3.34. The van der Waals surface area contributed by atoms with Gasteiger partial charge < -0.3 is 10.6 Å². The van der Waals surface area contributed by atoms with E-state index >= 15 is 0 Å². The van der Waals surface area contributed by atoms with E-state index in [0.717, 1.165) is 31.5 Å². The van der Waals surface area contributed by atoms with Crippen LogP contribution in [0.1, 0.15) is 65.2 Å². The van der Waals surface area contributed by atoms with Crippen molar-refractivity contribution >= 4 is 5.91 Å². The quantitative estimate of drug-likeness (QED) is 0.789. The van der Waals surface area contributed by atoms with Gasteiger partial charge in [0.05, 0.1) is 0 Å².